The van der Waals surface area contributed by atoms with Crippen molar-refractivity contribution in [3.05, 3.63) is 70.1 Å². The van der Waals surface area contributed by atoms with Crippen LogP contribution in [0.15, 0.2) is 57.7 Å². The molecule has 0 aliphatic heterocycles. The van der Waals surface area contributed by atoms with Crippen LogP contribution in [0, 0.1) is 0 Å². The average molecular weight is 340 g/mol. The molecule has 2 aromatic carbocycles. The van der Waals surface area contributed by atoms with E-state index in [1.54, 1.807) is 26.4 Å². The fourth-order valence-electron chi connectivity index (χ4n) is 2.93. The largest absolute Gasteiger partial charge is 0.497 e. The van der Waals surface area contributed by atoms with E-state index in [4.69, 9.17) is 13.9 Å². The van der Waals surface area contributed by atoms with Gasteiger partial charge in [0.25, 0.3) is 0 Å². The van der Waals surface area contributed by atoms with Crippen molar-refractivity contribution in [3.8, 4) is 11.5 Å². The highest BCUT2D eigenvalue weighted by molar-refractivity contribution is 5.81. The van der Waals surface area contributed by atoms with E-state index in [0.717, 1.165) is 29.7 Å². The third kappa shape index (κ3) is 4.00. The van der Waals surface area contributed by atoms with Gasteiger partial charge in [-0.2, -0.15) is 0 Å². The van der Waals surface area contributed by atoms with E-state index < -0.39 is 0 Å². The first kappa shape index (κ1) is 17.0. The highest BCUT2D eigenvalue weighted by Crippen LogP contribution is 2.22. The van der Waals surface area contributed by atoms with Gasteiger partial charge in [-0.15, -0.1) is 0 Å². The maximum absolute atomic E-state index is 11.8. The van der Waals surface area contributed by atoms with Gasteiger partial charge in [0.15, 0.2) is 0 Å². The number of para-hydroxylation sites is 1. The molecule has 25 heavy (non-hydrogen) atoms. The smallest absolute Gasteiger partial charge is 0.336 e. The minimum atomic E-state index is -0.339. The zero-order valence-corrected chi connectivity index (χ0v) is 14.5. The molecular formula is C20H22NO4+. The van der Waals surface area contributed by atoms with E-state index >= 15 is 0 Å². The van der Waals surface area contributed by atoms with E-state index in [1.165, 1.54) is 5.56 Å². The Bertz CT molecular complexity index is 917. The quantitative estimate of drug-likeness (QED) is 0.528. The summed E-state index contributed by atoms with van der Waals surface area (Å²) in [6, 6.07) is 15.1. The molecule has 0 aliphatic carbocycles. The molecule has 0 fully saturated rings. The summed E-state index contributed by atoms with van der Waals surface area (Å²) in [5, 5.41) is 3.12. The van der Waals surface area contributed by atoms with Gasteiger partial charge in [-0.05, 0) is 23.8 Å². The second-order valence-corrected chi connectivity index (χ2v) is 5.80. The van der Waals surface area contributed by atoms with E-state index in [9.17, 15) is 4.79 Å². The van der Waals surface area contributed by atoms with Crippen molar-refractivity contribution in [1.29, 1.82) is 0 Å². The molecule has 2 N–H and O–H groups in total. The second-order valence-electron chi connectivity index (χ2n) is 5.80. The number of methoxy groups -OCH3 is 2. The van der Waals surface area contributed by atoms with Crippen LogP contribution in [0.4, 0.5) is 0 Å². The summed E-state index contributed by atoms with van der Waals surface area (Å²) in [7, 11) is 3.28. The number of hydrogen-bond acceptors (Lipinski definition) is 4. The lowest BCUT2D eigenvalue weighted by atomic mass is 10.1. The van der Waals surface area contributed by atoms with Crippen molar-refractivity contribution < 1.29 is 19.2 Å². The van der Waals surface area contributed by atoms with Crippen LogP contribution in [-0.4, -0.2) is 20.8 Å². The molecule has 3 aromatic rings. The summed E-state index contributed by atoms with van der Waals surface area (Å²) >= 11 is 0. The molecule has 0 atom stereocenters. The first-order valence-corrected chi connectivity index (χ1v) is 8.25. The molecule has 130 valence electrons. The second kappa shape index (κ2) is 7.85. The number of rotatable bonds is 7. The molecule has 0 bridgehead atoms. The fourth-order valence-corrected chi connectivity index (χ4v) is 2.93. The Morgan fingerprint density at radius 3 is 2.64 bits per heavy atom. The van der Waals surface area contributed by atoms with E-state index in [-0.39, 0.29) is 5.63 Å². The van der Waals surface area contributed by atoms with Gasteiger partial charge in [0.2, 0.25) is 0 Å². The highest BCUT2D eigenvalue weighted by Gasteiger charge is 2.09. The number of nitrogens with two attached hydrogens (primary N) is 1. The molecule has 1 aromatic heterocycles. The lowest BCUT2D eigenvalue weighted by Gasteiger charge is -2.08. The van der Waals surface area contributed by atoms with Crippen LogP contribution in [0.1, 0.15) is 11.1 Å². The lowest BCUT2D eigenvalue weighted by molar-refractivity contribution is -0.670. The summed E-state index contributed by atoms with van der Waals surface area (Å²) in [5.74, 6) is 1.58. The zero-order valence-electron chi connectivity index (χ0n) is 14.5. The Kier molecular flexibility index (Phi) is 5.36. The van der Waals surface area contributed by atoms with Crippen molar-refractivity contribution in [1.82, 2.24) is 0 Å². The lowest BCUT2D eigenvalue weighted by Crippen LogP contribution is -2.83. The topological polar surface area (TPSA) is 65.3 Å². The first-order valence-electron chi connectivity index (χ1n) is 8.25. The molecule has 5 nitrogen and oxygen atoms in total. The molecule has 0 saturated heterocycles. The van der Waals surface area contributed by atoms with E-state index in [0.29, 0.717) is 17.9 Å². The van der Waals surface area contributed by atoms with Crippen molar-refractivity contribution in [2.24, 2.45) is 0 Å². The van der Waals surface area contributed by atoms with Gasteiger partial charge in [-0.3, -0.25) is 0 Å². The predicted octanol–water partition coefficient (Wildman–Crippen LogP) is 2.12. The fraction of sp³-hybridized carbons (Fsp3) is 0.250. The SMILES string of the molecule is COc1ccc2c(C[NH2+]CCc3ccccc3OC)cc(=O)oc2c1. The highest BCUT2D eigenvalue weighted by atomic mass is 16.5. The van der Waals surface area contributed by atoms with Crippen molar-refractivity contribution in [2.75, 3.05) is 20.8 Å². The maximum atomic E-state index is 11.8. The van der Waals surface area contributed by atoms with Crippen molar-refractivity contribution >= 4 is 11.0 Å². The van der Waals surface area contributed by atoms with Gasteiger partial charge < -0.3 is 19.2 Å². The third-order valence-electron chi connectivity index (χ3n) is 4.21. The summed E-state index contributed by atoms with van der Waals surface area (Å²) < 4.78 is 15.9. The number of hydrogen-bond donors (Lipinski definition) is 1. The van der Waals surface area contributed by atoms with Crippen molar-refractivity contribution in [3.63, 3.8) is 0 Å². The number of fused-ring (bicyclic) bond motifs is 1. The minimum absolute atomic E-state index is 0.339. The molecule has 3 rings (SSSR count). The number of ether oxygens (including phenoxy) is 2. The Labute approximate surface area is 146 Å². The minimum Gasteiger partial charge on any atom is -0.497 e. The van der Waals surface area contributed by atoms with Gasteiger partial charge in [-0.25, -0.2) is 4.79 Å². The zero-order chi connectivity index (χ0) is 17.6. The molecule has 0 aliphatic rings. The molecule has 0 spiro atoms. The van der Waals surface area contributed by atoms with Crippen LogP contribution in [0.25, 0.3) is 11.0 Å². The number of quaternary nitrogens is 1. The van der Waals surface area contributed by atoms with Gasteiger partial charge in [0.1, 0.15) is 23.6 Å². The van der Waals surface area contributed by atoms with Gasteiger partial charge in [0, 0.05) is 29.5 Å². The molecule has 5 heteroatoms. The van der Waals surface area contributed by atoms with Crippen LogP contribution in [0.5, 0.6) is 11.5 Å². The normalized spacial score (nSPS) is 10.8. The molecule has 0 radical (unpaired) electrons. The molecule has 1 heterocycles. The Morgan fingerprint density at radius 2 is 1.84 bits per heavy atom. The molecule has 0 amide bonds. The number of benzene rings is 2. The summed E-state index contributed by atoms with van der Waals surface area (Å²) in [6.07, 6.45) is 0.900. The third-order valence-corrected chi connectivity index (χ3v) is 4.21. The summed E-state index contributed by atoms with van der Waals surface area (Å²) in [4.78, 5) is 11.8. The van der Waals surface area contributed by atoms with Gasteiger partial charge in [-0.1, -0.05) is 18.2 Å². The van der Waals surface area contributed by atoms with Crippen LogP contribution >= 0.6 is 0 Å². The Balaban J connectivity index is 1.70. The molecular weight excluding hydrogens is 318 g/mol. The standard InChI is InChI=1S/C20H21NO4/c1-23-16-7-8-17-15(11-20(22)25-19(17)12-16)13-21-10-9-14-5-3-4-6-18(14)24-2/h3-8,11-12,21H,9-10,13H2,1-2H3/p+1. The molecule has 0 unspecified atom stereocenters. The van der Waals surface area contributed by atoms with Gasteiger partial charge >= 0.3 is 5.63 Å². The van der Waals surface area contributed by atoms with Gasteiger partial charge in [0.05, 0.1) is 20.8 Å². The van der Waals surface area contributed by atoms with Crippen molar-refractivity contribution in [2.45, 2.75) is 13.0 Å². The summed E-state index contributed by atoms with van der Waals surface area (Å²) in [5.41, 5.74) is 2.37. The van der Waals surface area contributed by atoms with Crippen LogP contribution in [0.3, 0.4) is 0 Å². The average Bonchev–Trinajstić information content (AvgIpc) is 2.64. The van der Waals surface area contributed by atoms with E-state index in [2.05, 4.69) is 11.4 Å². The maximum Gasteiger partial charge on any atom is 0.336 e. The Hall–Kier alpha value is -2.79. The summed E-state index contributed by atoms with van der Waals surface area (Å²) in [6.45, 7) is 1.61. The predicted molar refractivity (Wildman–Crippen MR) is 96.2 cm³/mol. The van der Waals surface area contributed by atoms with Crippen LogP contribution in [-0.2, 0) is 13.0 Å². The molecule has 0 saturated carbocycles. The first-order chi connectivity index (χ1) is 12.2. The monoisotopic (exact) mass is 340 g/mol. The van der Waals surface area contributed by atoms with Crippen LogP contribution in [0.2, 0.25) is 0 Å². The Morgan fingerprint density at radius 1 is 1.00 bits per heavy atom. The van der Waals surface area contributed by atoms with E-state index in [1.807, 2.05) is 30.3 Å². The van der Waals surface area contributed by atoms with Crippen LogP contribution < -0.4 is 20.4 Å².